The van der Waals surface area contributed by atoms with Gasteiger partial charge in [-0.2, -0.15) is 4.91 Å². The lowest BCUT2D eigenvalue weighted by Crippen LogP contribution is -2.59. The molecule has 0 unspecified atom stereocenters. The summed E-state index contributed by atoms with van der Waals surface area (Å²) in [5, 5.41) is 54.0. The van der Waals surface area contributed by atoms with Gasteiger partial charge in [0.05, 0.1) is 36.4 Å². The van der Waals surface area contributed by atoms with Crippen LogP contribution in [0.1, 0.15) is 113 Å². The average molecular weight is 1110 g/mol. The highest BCUT2D eigenvalue weighted by molar-refractivity contribution is 7.99. The molecule has 5 heterocycles. The number of aliphatic hydroxyl groups excluding tert-OH is 3. The van der Waals surface area contributed by atoms with E-state index in [1.807, 2.05) is 69.8 Å². The van der Waals surface area contributed by atoms with Gasteiger partial charge in [0.2, 0.25) is 5.91 Å². The predicted octanol–water partition coefficient (Wildman–Crippen LogP) is 8.41. The molecule has 4 aliphatic rings. The number of amides is 1. The summed E-state index contributed by atoms with van der Waals surface area (Å²) in [5.74, 6) is -3.57. The van der Waals surface area contributed by atoms with Gasteiger partial charge in [-0.1, -0.05) is 62.8 Å². The monoisotopic (exact) mass is 1110 g/mol. The Balaban J connectivity index is 1.12. The number of carbonyl (C=O) groups is 2. The minimum atomic E-state index is -1.94. The van der Waals surface area contributed by atoms with Crippen LogP contribution < -0.4 is 5.32 Å². The number of rotatable bonds is 14. The Bertz CT molecular complexity index is 2470. The first kappa shape index (κ1) is 61.2. The molecule has 7 rings (SSSR count). The lowest BCUT2D eigenvalue weighted by atomic mass is 9.76. The van der Waals surface area contributed by atoms with Gasteiger partial charge in [-0.3, -0.25) is 14.5 Å². The third-order valence-electron chi connectivity index (χ3n) is 16.7. The summed E-state index contributed by atoms with van der Waals surface area (Å²) in [6.07, 6.45) is -7.29. The zero-order valence-corrected chi connectivity index (χ0v) is 48.7. The highest BCUT2D eigenvalue weighted by Gasteiger charge is 2.53. The van der Waals surface area contributed by atoms with E-state index in [1.165, 1.54) is 13.0 Å². The molecule has 2 aromatic carbocycles. The fourth-order valence-electron chi connectivity index (χ4n) is 12.2. The van der Waals surface area contributed by atoms with E-state index in [9.17, 15) is 39.3 Å². The Morgan fingerprint density at radius 3 is 2.35 bits per heavy atom. The number of aliphatic hydroxyl groups is 4. The summed E-state index contributed by atoms with van der Waals surface area (Å²) in [7, 11) is 3.74. The third-order valence-corrected chi connectivity index (χ3v) is 19.1. The first-order chi connectivity index (χ1) is 36.4. The van der Waals surface area contributed by atoms with Gasteiger partial charge in [0.25, 0.3) is 0 Å². The lowest BCUT2D eigenvalue weighted by molar-refractivity contribution is -0.297. The molecule has 0 saturated carbocycles. The van der Waals surface area contributed by atoms with Crippen LogP contribution in [0.25, 0.3) is 21.6 Å². The van der Waals surface area contributed by atoms with E-state index in [2.05, 4.69) is 28.7 Å². The number of cyclic esters (lactones) is 1. The van der Waals surface area contributed by atoms with Gasteiger partial charge >= 0.3 is 5.97 Å². The fourth-order valence-corrected chi connectivity index (χ4v) is 14.6. The molecule has 3 aromatic rings. The quantitative estimate of drug-likeness (QED) is 0.0456. The van der Waals surface area contributed by atoms with Crippen LogP contribution in [0.15, 0.2) is 63.5 Å². The molecule has 16 nitrogen and oxygen atoms in total. The molecule has 0 spiro atoms. The summed E-state index contributed by atoms with van der Waals surface area (Å²) in [4.78, 5) is 49.8. The molecule has 5 N–H and O–H groups in total. The number of likely N-dealkylation sites (N-methyl/N-ethyl adjacent to an activating group) is 1. The maximum atomic E-state index is 14.6. The molecular formula is C58H85FN4O12S2. The van der Waals surface area contributed by atoms with E-state index in [0.29, 0.717) is 45.3 Å². The van der Waals surface area contributed by atoms with E-state index in [-0.39, 0.29) is 55.0 Å². The van der Waals surface area contributed by atoms with Crippen molar-refractivity contribution < 1.29 is 58.1 Å². The Morgan fingerprint density at radius 2 is 1.66 bits per heavy atom. The standard InChI is InChI=1S/C58H85FN4O12S2/c1-13-46-58(10,69)53(67)36(7)63(24-16-23-60-47(64)22-20-39-28-41-40-17-14-15-18-44(40)77-45-21-19-38(59)27-42(45)52(41)76-39)30-31(2)29-57(9,61-70)54(75-56-50(66)43(62(11)12)26-33(4)71-56)34(5)51(35(6)55(68)73-46)74-48-25-32(3)49(65)37(8)72-48/h14-15,17-19,21,27-28,31-37,43,46,48-51,53-54,56,65-67,69H,13,16,20,22-26,29-30H2,1-12H3,(H,60,64)/t31-,32+,33-,34+,35-,36-,37+,43+,46-,48+,49-,50-,51+,53-,54-,56+,57-,58-/m1/s1. The van der Waals surface area contributed by atoms with E-state index >= 15 is 0 Å². The van der Waals surface area contributed by atoms with Crippen LogP contribution in [-0.2, 0) is 39.7 Å². The van der Waals surface area contributed by atoms with Gasteiger partial charge in [-0.05, 0) is 135 Å². The van der Waals surface area contributed by atoms with Gasteiger partial charge in [-0.25, -0.2) is 4.39 Å². The van der Waals surface area contributed by atoms with E-state index in [0.717, 1.165) is 36.2 Å². The number of fused-ring (bicyclic) bond motifs is 5. The first-order valence-corrected chi connectivity index (χ1v) is 29.3. The number of hydrogen-bond acceptors (Lipinski definition) is 17. The molecule has 428 valence electrons. The zero-order valence-electron chi connectivity index (χ0n) is 47.0. The average Bonchev–Trinajstić information content (AvgIpc) is 3.80. The van der Waals surface area contributed by atoms with Gasteiger partial charge < -0.3 is 54.3 Å². The number of ether oxygens (including phenoxy) is 5. The van der Waals surface area contributed by atoms with Crippen LogP contribution in [0.4, 0.5) is 4.39 Å². The van der Waals surface area contributed by atoms with E-state index < -0.39 is 90.3 Å². The van der Waals surface area contributed by atoms with Crippen molar-refractivity contribution >= 4 is 35.0 Å². The van der Waals surface area contributed by atoms with Crippen LogP contribution in [0.3, 0.4) is 0 Å². The number of hydrogen-bond donors (Lipinski definition) is 5. The van der Waals surface area contributed by atoms with Crippen molar-refractivity contribution in [1.29, 1.82) is 0 Å². The Labute approximate surface area is 463 Å². The van der Waals surface area contributed by atoms with Crippen molar-refractivity contribution in [2.75, 3.05) is 33.7 Å². The largest absolute Gasteiger partial charge is 0.459 e. The Kier molecular flexibility index (Phi) is 20.7. The molecule has 3 fully saturated rings. The van der Waals surface area contributed by atoms with E-state index in [4.69, 9.17) is 23.7 Å². The van der Waals surface area contributed by atoms with Gasteiger partial charge in [0.1, 0.15) is 35.3 Å². The molecule has 1 aromatic heterocycles. The molecule has 19 heteroatoms. The number of halogens is 1. The summed E-state index contributed by atoms with van der Waals surface area (Å²) in [6.45, 7) is 18.7. The van der Waals surface area contributed by atoms with E-state index in [1.54, 1.807) is 63.8 Å². The predicted molar refractivity (Wildman–Crippen MR) is 296 cm³/mol. The number of carbonyl (C=O) groups excluding carboxylic acids is 2. The second-order valence-electron chi connectivity index (χ2n) is 23.2. The van der Waals surface area contributed by atoms with Gasteiger partial charge in [0.15, 0.2) is 12.6 Å². The smallest absolute Gasteiger partial charge is 0.311 e. The third kappa shape index (κ3) is 14.0. The van der Waals surface area contributed by atoms with Crippen LogP contribution in [0, 0.1) is 34.4 Å². The molecule has 77 heavy (non-hydrogen) atoms. The van der Waals surface area contributed by atoms with Crippen molar-refractivity contribution in [3.8, 4) is 21.6 Å². The molecular weight excluding hydrogens is 1030 g/mol. The minimum absolute atomic E-state index is 0.135. The van der Waals surface area contributed by atoms with Crippen LogP contribution >= 0.6 is 23.1 Å². The van der Waals surface area contributed by atoms with Crippen molar-refractivity contribution in [3.63, 3.8) is 0 Å². The van der Waals surface area contributed by atoms with Crippen molar-refractivity contribution in [2.45, 2.75) is 209 Å². The topological polar surface area (TPSA) is 209 Å². The number of nitroso groups, excluding NO2 is 1. The number of benzene rings is 2. The molecule has 0 aliphatic carbocycles. The van der Waals surface area contributed by atoms with Gasteiger partial charge in [-0.15, -0.1) is 11.3 Å². The molecule has 0 radical (unpaired) electrons. The number of esters is 1. The summed E-state index contributed by atoms with van der Waals surface area (Å²) < 4.78 is 47.0. The summed E-state index contributed by atoms with van der Waals surface area (Å²) >= 11 is 3.20. The summed E-state index contributed by atoms with van der Waals surface area (Å²) in [6, 6.07) is 14.1. The van der Waals surface area contributed by atoms with Crippen LogP contribution in [0.5, 0.6) is 0 Å². The van der Waals surface area contributed by atoms with Crippen LogP contribution in [0.2, 0.25) is 0 Å². The number of nitrogens with one attached hydrogen (secondary N) is 1. The van der Waals surface area contributed by atoms with Crippen LogP contribution in [-0.4, -0.2) is 160 Å². The summed E-state index contributed by atoms with van der Waals surface area (Å²) in [5.41, 5.74) is -0.538. The Morgan fingerprint density at radius 1 is 0.948 bits per heavy atom. The highest BCUT2D eigenvalue weighted by Crippen LogP contribution is 2.51. The molecule has 4 aliphatic heterocycles. The molecule has 3 saturated heterocycles. The minimum Gasteiger partial charge on any atom is -0.459 e. The first-order valence-electron chi connectivity index (χ1n) is 27.7. The zero-order chi connectivity index (χ0) is 56.3. The lowest BCUT2D eigenvalue weighted by Gasteiger charge is -2.47. The SMILES string of the molecule is CC[C@H]1OC(=O)[C@H](C)[C@@H](O[C@H]2C[C@H](C)[C@@H](O)[C@H](C)O2)[C@H](C)[C@@H](O[C@@H]2O[C@H](C)C[C@H](N(C)C)[C@H]2O)[C@](C)(N=O)C[C@@H](C)CN(CCCNC(=O)CCc2cc3c(s2)-c2cc(F)ccc2Sc2ccccc2-3)[C@H](C)[C@@H](O)[C@]1(C)O. The second-order valence-corrected chi connectivity index (χ2v) is 25.5. The highest BCUT2D eigenvalue weighted by atomic mass is 32.2. The van der Waals surface area contributed by atoms with Crippen molar-refractivity contribution in [2.24, 2.45) is 28.8 Å². The maximum absolute atomic E-state index is 14.6. The fraction of sp³-hybridized carbons (Fsp3) is 0.690. The van der Waals surface area contributed by atoms with Crippen molar-refractivity contribution in [3.05, 3.63) is 64.1 Å². The molecule has 0 bridgehead atoms. The second kappa shape index (κ2) is 26.0. The molecule has 18 atom stereocenters. The van der Waals surface area contributed by atoms with Crippen molar-refractivity contribution in [1.82, 2.24) is 15.1 Å². The number of nitrogens with zero attached hydrogens (tertiary/aromatic N) is 3. The maximum Gasteiger partial charge on any atom is 0.311 e. The molecule has 1 amide bonds. The number of thiophene rings is 1. The number of aryl methyl sites for hydroxylation is 1. The normalized spacial score (nSPS) is 36.6. The van der Waals surface area contributed by atoms with Gasteiger partial charge in [0, 0.05) is 81.1 Å². The Hall–Kier alpha value is -3.44.